The van der Waals surface area contributed by atoms with E-state index in [9.17, 15) is 10.2 Å². The van der Waals surface area contributed by atoms with E-state index in [1.54, 1.807) is 0 Å². The fourth-order valence-corrected chi connectivity index (χ4v) is 5.31. The highest BCUT2D eigenvalue weighted by atomic mass is 16.4. The van der Waals surface area contributed by atoms with Crippen LogP contribution in [0.25, 0.3) is 0 Å². The van der Waals surface area contributed by atoms with Gasteiger partial charge >= 0.3 is 0 Å². The second-order valence-corrected chi connectivity index (χ2v) is 8.66. The van der Waals surface area contributed by atoms with Crippen LogP contribution >= 0.6 is 0 Å². The lowest BCUT2D eigenvalue weighted by atomic mass is 9.70. The average Bonchev–Trinajstić information content (AvgIpc) is 3.13. The van der Waals surface area contributed by atoms with Crippen LogP contribution in [0.2, 0.25) is 0 Å². The summed E-state index contributed by atoms with van der Waals surface area (Å²) in [7, 11) is 0. The highest BCUT2D eigenvalue weighted by Gasteiger charge is 2.33. The Hall–Kier alpha value is -0.940. The summed E-state index contributed by atoms with van der Waals surface area (Å²) in [6.45, 7) is 0. The smallest absolute Gasteiger partial charge is 0.219 e. The summed E-state index contributed by atoms with van der Waals surface area (Å²) in [5, 5.41) is 28.0. The molecule has 140 valence electrons. The topological polar surface area (TPSA) is 79.4 Å². The molecule has 4 rings (SSSR count). The third kappa shape index (κ3) is 4.08. The Morgan fingerprint density at radius 2 is 0.920 bits per heavy atom. The molecule has 3 fully saturated rings. The molecule has 0 unspecified atom stereocenters. The maximum Gasteiger partial charge on any atom is 0.219 e. The highest BCUT2D eigenvalue weighted by molar-refractivity contribution is 4.99. The van der Waals surface area contributed by atoms with Gasteiger partial charge in [-0.1, -0.05) is 0 Å². The van der Waals surface area contributed by atoms with E-state index in [1.807, 2.05) is 0 Å². The maximum atomic E-state index is 9.70. The number of aliphatic hydroxyl groups is 2. The lowest BCUT2D eigenvalue weighted by molar-refractivity contribution is 0.0794. The first-order valence-electron chi connectivity index (χ1n) is 10.4. The van der Waals surface area contributed by atoms with Gasteiger partial charge in [-0.15, -0.1) is 10.2 Å². The molecular formula is C20H32N2O3. The van der Waals surface area contributed by atoms with Crippen LogP contribution in [0.15, 0.2) is 4.42 Å². The molecule has 1 aromatic rings. The van der Waals surface area contributed by atoms with Crippen molar-refractivity contribution in [3.8, 4) is 0 Å². The van der Waals surface area contributed by atoms with Crippen molar-refractivity contribution in [2.75, 3.05) is 0 Å². The minimum atomic E-state index is -0.144. The normalized spacial score (nSPS) is 40.1. The van der Waals surface area contributed by atoms with Gasteiger partial charge in [-0.25, -0.2) is 0 Å². The van der Waals surface area contributed by atoms with Crippen LogP contribution in [0.5, 0.6) is 0 Å². The molecule has 0 aliphatic heterocycles. The predicted molar refractivity (Wildman–Crippen MR) is 94.2 cm³/mol. The summed E-state index contributed by atoms with van der Waals surface area (Å²) >= 11 is 0. The third-order valence-corrected chi connectivity index (χ3v) is 7.03. The van der Waals surface area contributed by atoms with Gasteiger partial charge in [0.2, 0.25) is 11.8 Å². The maximum absolute atomic E-state index is 9.70. The molecule has 5 heteroatoms. The van der Waals surface area contributed by atoms with Gasteiger partial charge in [-0.05, 0) is 88.9 Å². The second kappa shape index (κ2) is 7.75. The van der Waals surface area contributed by atoms with Crippen molar-refractivity contribution in [1.29, 1.82) is 0 Å². The van der Waals surface area contributed by atoms with Crippen LogP contribution in [0, 0.1) is 11.8 Å². The molecule has 3 saturated carbocycles. The van der Waals surface area contributed by atoms with Crippen molar-refractivity contribution in [2.24, 2.45) is 11.8 Å². The quantitative estimate of drug-likeness (QED) is 0.865. The monoisotopic (exact) mass is 348 g/mol. The summed E-state index contributed by atoms with van der Waals surface area (Å²) in [6.07, 6.45) is 12.7. The van der Waals surface area contributed by atoms with Crippen LogP contribution in [0.1, 0.15) is 101 Å². The molecule has 3 aliphatic carbocycles. The Kier molecular flexibility index (Phi) is 5.41. The molecular weight excluding hydrogens is 316 g/mol. The third-order valence-electron chi connectivity index (χ3n) is 7.03. The highest BCUT2D eigenvalue weighted by Crippen LogP contribution is 2.43. The van der Waals surface area contributed by atoms with Crippen LogP contribution in [0.4, 0.5) is 0 Å². The minimum Gasteiger partial charge on any atom is -0.425 e. The van der Waals surface area contributed by atoms with Gasteiger partial charge in [0.1, 0.15) is 0 Å². The number of hydrogen-bond donors (Lipinski definition) is 2. The van der Waals surface area contributed by atoms with Crippen LogP contribution < -0.4 is 0 Å². The van der Waals surface area contributed by atoms with Crippen LogP contribution in [0.3, 0.4) is 0 Å². The molecule has 0 saturated heterocycles. The van der Waals surface area contributed by atoms with Crippen LogP contribution in [-0.4, -0.2) is 32.6 Å². The molecule has 2 N–H and O–H groups in total. The van der Waals surface area contributed by atoms with Crippen molar-refractivity contribution in [3.05, 3.63) is 11.8 Å². The molecule has 0 aromatic carbocycles. The Balaban J connectivity index is 1.29. The van der Waals surface area contributed by atoms with E-state index in [2.05, 4.69) is 10.2 Å². The Morgan fingerprint density at radius 3 is 1.40 bits per heavy atom. The van der Waals surface area contributed by atoms with Gasteiger partial charge < -0.3 is 14.6 Å². The van der Waals surface area contributed by atoms with Crippen molar-refractivity contribution < 1.29 is 14.6 Å². The van der Waals surface area contributed by atoms with Gasteiger partial charge in [0.05, 0.1) is 12.2 Å². The Bertz CT molecular complexity index is 537. The molecule has 0 amide bonds. The van der Waals surface area contributed by atoms with E-state index >= 15 is 0 Å². The number of aliphatic hydroxyl groups excluding tert-OH is 2. The summed E-state index contributed by atoms with van der Waals surface area (Å²) in [6, 6.07) is 0. The largest absolute Gasteiger partial charge is 0.425 e. The molecule has 1 heterocycles. The molecule has 0 radical (unpaired) electrons. The first kappa shape index (κ1) is 17.5. The van der Waals surface area contributed by atoms with E-state index in [0.717, 1.165) is 75.0 Å². The fraction of sp³-hybridized carbons (Fsp3) is 0.900. The van der Waals surface area contributed by atoms with Crippen molar-refractivity contribution in [1.82, 2.24) is 10.2 Å². The first-order chi connectivity index (χ1) is 12.2. The van der Waals surface area contributed by atoms with E-state index < -0.39 is 0 Å². The number of aromatic nitrogens is 2. The predicted octanol–water partition coefficient (Wildman–Crippen LogP) is 3.91. The van der Waals surface area contributed by atoms with Crippen molar-refractivity contribution >= 4 is 0 Å². The Labute approximate surface area is 150 Å². The summed E-state index contributed by atoms with van der Waals surface area (Å²) in [4.78, 5) is 0. The van der Waals surface area contributed by atoms with Gasteiger partial charge in [0, 0.05) is 11.8 Å². The molecule has 0 spiro atoms. The second-order valence-electron chi connectivity index (χ2n) is 8.66. The van der Waals surface area contributed by atoms with E-state index in [-0.39, 0.29) is 12.2 Å². The summed E-state index contributed by atoms with van der Waals surface area (Å²) in [5.74, 6) is 4.06. The zero-order chi connectivity index (χ0) is 17.2. The number of rotatable bonds is 3. The van der Waals surface area contributed by atoms with E-state index in [1.165, 1.54) is 25.7 Å². The molecule has 3 aliphatic rings. The van der Waals surface area contributed by atoms with Crippen LogP contribution in [-0.2, 0) is 0 Å². The van der Waals surface area contributed by atoms with Gasteiger partial charge in [0.15, 0.2) is 0 Å². The lowest BCUT2D eigenvalue weighted by Crippen LogP contribution is -2.27. The standard InChI is InChI=1S/C20H32N2O3/c23-17-9-5-14(6-10-17)13-1-3-15(4-2-13)19-21-22-20(25-19)16-7-11-18(24)12-8-16/h13-18,23-24H,1-12H2. The van der Waals surface area contributed by atoms with Gasteiger partial charge in [-0.2, -0.15) is 0 Å². The summed E-state index contributed by atoms with van der Waals surface area (Å²) in [5.41, 5.74) is 0. The first-order valence-corrected chi connectivity index (χ1v) is 10.4. The average molecular weight is 348 g/mol. The number of hydrogen-bond acceptors (Lipinski definition) is 5. The van der Waals surface area contributed by atoms with E-state index in [0.29, 0.717) is 11.8 Å². The van der Waals surface area contributed by atoms with E-state index in [4.69, 9.17) is 4.42 Å². The molecule has 1 aromatic heterocycles. The molecule has 0 atom stereocenters. The molecule has 0 bridgehead atoms. The minimum absolute atomic E-state index is 0.0506. The zero-order valence-electron chi connectivity index (χ0n) is 15.1. The van der Waals surface area contributed by atoms with Gasteiger partial charge in [-0.3, -0.25) is 0 Å². The summed E-state index contributed by atoms with van der Waals surface area (Å²) < 4.78 is 6.06. The SMILES string of the molecule is OC1CCC(c2nnc(C3CCC(C4CCC(O)CC4)CC3)o2)CC1. The zero-order valence-corrected chi connectivity index (χ0v) is 15.1. The van der Waals surface area contributed by atoms with Crippen molar-refractivity contribution in [2.45, 2.75) is 101 Å². The van der Waals surface area contributed by atoms with Gasteiger partial charge in [0.25, 0.3) is 0 Å². The molecule has 5 nitrogen and oxygen atoms in total. The Morgan fingerprint density at radius 1 is 0.560 bits per heavy atom. The van der Waals surface area contributed by atoms with Crippen molar-refractivity contribution in [3.63, 3.8) is 0 Å². The fourth-order valence-electron chi connectivity index (χ4n) is 5.31. The number of nitrogens with zero attached hydrogens (tertiary/aromatic N) is 2. The molecule has 25 heavy (non-hydrogen) atoms. The lowest BCUT2D eigenvalue weighted by Gasteiger charge is -2.36.